The van der Waals surface area contributed by atoms with Crippen molar-refractivity contribution in [2.75, 3.05) is 18.5 Å². The first-order chi connectivity index (χ1) is 11.4. The van der Waals surface area contributed by atoms with E-state index in [1.165, 1.54) is 15.9 Å². The zero-order valence-electron chi connectivity index (χ0n) is 12.7. The number of amides is 2. The number of aliphatic hydroxyl groups excluding tert-OH is 1. The van der Waals surface area contributed by atoms with Crippen LogP contribution < -0.4 is 5.43 Å². The molecule has 3 rings (SSSR count). The Morgan fingerprint density at radius 2 is 1.96 bits per heavy atom. The van der Waals surface area contributed by atoms with E-state index in [1.807, 2.05) is 18.2 Å². The summed E-state index contributed by atoms with van der Waals surface area (Å²) in [5, 5.41) is 9.30. The van der Waals surface area contributed by atoms with E-state index in [2.05, 4.69) is 10.4 Å². The molecule has 1 aliphatic rings. The molecule has 0 radical (unpaired) electrons. The van der Waals surface area contributed by atoms with Crippen LogP contribution in [-0.4, -0.2) is 51.1 Å². The van der Waals surface area contributed by atoms with E-state index < -0.39 is 24.2 Å². The number of hydrogen-bond acceptors (Lipinski definition) is 3. The van der Waals surface area contributed by atoms with Crippen LogP contribution in [0.1, 0.15) is 12.8 Å². The fraction of sp³-hybridized carbons (Fsp3) is 0.467. The highest BCUT2D eigenvalue weighted by molar-refractivity contribution is 5.85. The van der Waals surface area contributed by atoms with Crippen molar-refractivity contribution < 1.29 is 23.1 Å². The first-order valence-electron chi connectivity index (χ1n) is 7.59. The van der Waals surface area contributed by atoms with Crippen LogP contribution in [0.5, 0.6) is 0 Å². The van der Waals surface area contributed by atoms with Crippen molar-refractivity contribution in [3.63, 3.8) is 0 Å². The quantitative estimate of drug-likeness (QED) is 0.880. The molecule has 2 heterocycles. The van der Waals surface area contributed by atoms with Crippen molar-refractivity contribution >= 4 is 17.1 Å². The van der Waals surface area contributed by atoms with Crippen molar-refractivity contribution in [2.24, 2.45) is 5.92 Å². The molecule has 0 spiro atoms. The molecule has 0 saturated carbocycles. The Kier molecular flexibility index (Phi) is 4.35. The molecule has 1 saturated heterocycles. The summed E-state index contributed by atoms with van der Waals surface area (Å²) < 4.78 is 39.1. The lowest BCUT2D eigenvalue weighted by Gasteiger charge is -2.34. The lowest BCUT2D eigenvalue weighted by molar-refractivity contribution is -0.222. The Bertz CT molecular complexity index is 723. The summed E-state index contributed by atoms with van der Waals surface area (Å²) in [5.41, 5.74) is 4.12. The Morgan fingerprint density at radius 3 is 2.62 bits per heavy atom. The number of benzene rings is 1. The Balaban J connectivity index is 1.60. The second-order valence-electron chi connectivity index (χ2n) is 5.83. The molecule has 1 atom stereocenters. The highest BCUT2D eigenvalue weighted by Gasteiger charge is 2.44. The maximum atomic E-state index is 12.5. The summed E-state index contributed by atoms with van der Waals surface area (Å²) in [5.74, 6) is -0.872. The van der Waals surface area contributed by atoms with Crippen LogP contribution in [0.4, 0.5) is 18.0 Å². The minimum atomic E-state index is -4.62. The van der Waals surface area contributed by atoms with Crippen LogP contribution in [0, 0.1) is 5.92 Å². The van der Waals surface area contributed by atoms with Gasteiger partial charge in [-0.05, 0) is 30.9 Å². The lowest BCUT2D eigenvalue weighted by Crippen LogP contribution is -2.47. The third-order valence-corrected chi connectivity index (χ3v) is 4.28. The fourth-order valence-corrected chi connectivity index (χ4v) is 2.91. The number of imidazole rings is 1. The van der Waals surface area contributed by atoms with E-state index in [1.54, 1.807) is 6.07 Å². The number of alkyl halides is 3. The zero-order valence-corrected chi connectivity index (χ0v) is 12.7. The predicted molar refractivity (Wildman–Crippen MR) is 80.8 cm³/mol. The number of rotatable bonds is 2. The average Bonchev–Trinajstić information content (AvgIpc) is 2.96. The van der Waals surface area contributed by atoms with Gasteiger partial charge >= 0.3 is 12.2 Å². The maximum absolute atomic E-state index is 12.5. The molecule has 2 aromatic rings. The van der Waals surface area contributed by atoms with Gasteiger partial charge in [-0.25, -0.2) is 19.9 Å². The number of urea groups is 1. The second-order valence-corrected chi connectivity index (χ2v) is 5.83. The highest BCUT2D eigenvalue weighted by atomic mass is 19.4. The summed E-state index contributed by atoms with van der Waals surface area (Å²) in [4.78, 5) is 17.9. The number of halogens is 3. The Labute approximate surface area is 135 Å². The Morgan fingerprint density at radius 1 is 1.29 bits per heavy atom. The lowest BCUT2D eigenvalue weighted by atomic mass is 9.91. The first-order valence-corrected chi connectivity index (χ1v) is 7.59. The van der Waals surface area contributed by atoms with E-state index in [0.29, 0.717) is 0 Å². The number of likely N-dealkylation sites (tertiary alicyclic amines) is 1. The molecule has 9 heteroatoms. The summed E-state index contributed by atoms with van der Waals surface area (Å²) in [6.45, 7) is 0.326. The minimum absolute atomic E-state index is 0.110. The second kappa shape index (κ2) is 6.31. The first kappa shape index (κ1) is 16.6. The average molecular weight is 342 g/mol. The fourth-order valence-electron chi connectivity index (χ4n) is 2.91. The van der Waals surface area contributed by atoms with Gasteiger partial charge in [0.2, 0.25) is 0 Å². The SMILES string of the molecule is O=C(Nn1cnc2ccccc21)N1CCC(C(O)C(F)(F)F)CC1. The highest BCUT2D eigenvalue weighted by Crippen LogP contribution is 2.31. The van der Waals surface area contributed by atoms with Crippen LogP contribution in [0.3, 0.4) is 0 Å². The van der Waals surface area contributed by atoms with Crippen LogP contribution in [0.2, 0.25) is 0 Å². The topological polar surface area (TPSA) is 70.4 Å². The van der Waals surface area contributed by atoms with Crippen molar-refractivity contribution in [3.8, 4) is 0 Å². The monoisotopic (exact) mass is 342 g/mol. The summed E-state index contributed by atoms with van der Waals surface area (Å²) in [7, 11) is 0. The van der Waals surface area contributed by atoms with Gasteiger partial charge in [0.1, 0.15) is 6.33 Å². The number of aromatic nitrogens is 2. The van der Waals surface area contributed by atoms with Crippen LogP contribution in [0.25, 0.3) is 11.0 Å². The van der Waals surface area contributed by atoms with E-state index >= 15 is 0 Å². The van der Waals surface area contributed by atoms with Gasteiger partial charge in [0.25, 0.3) is 0 Å². The molecule has 2 amide bonds. The summed E-state index contributed by atoms with van der Waals surface area (Å²) in [6.07, 6.45) is -5.26. The number of para-hydroxylation sites is 2. The van der Waals surface area contributed by atoms with Gasteiger partial charge in [-0.2, -0.15) is 13.2 Å². The molecule has 2 N–H and O–H groups in total. The van der Waals surface area contributed by atoms with Gasteiger partial charge in [0, 0.05) is 13.1 Å². The number of nitrogens with one attached hydrogen (secondary N) is 1. The van der Waals surface area contributed by atoms with E-state index in [4.69, 9.17) is 0 Å². The van der Waals surface area contributed by atoms with Gasteiger partial charge in [-0.3, -0.25) is 0 Å². The Hall–Kier alpha value is -2.29. The molecule has 130 valence electrons. The number of piperidine rings is 1. The molecule has 0 bridgehead atoms. The van der Waals surface area contributed by atoms with E-state index in [9.17, 15) is 23.1 Å². The number of fused-ring (bicyclic) bond motifs is 1. The molecule has 24 heavy (non-hydrogen) atoms. The van der Waals surface area contributed by atoms with Gasteiger partial charge in [0.15, 0.2) is 6.10 Å². The van der Waals surface area contributed by atoms with Crippen LogP contribution >= 0.6 is 0 Å². The predicted octanol–water partition coefficient (Wildman–Crippen LogP) is 2.33. The zero-order chi connectivity index (χ0) is 17.3. The molecule has 1 aliphatic heterocycles. The third kappa shape index (κ3) is 3.30. The van der Waals surface area contributed by atoms with E-state index in [-0.39, 0.29) is 25.9 Å². The molecular weight excluding hydrogens is 325 g/mol. The van der Waals surface area contributed by atoms with Gasteiger partial charge in [0.05, 0.1) is 11.0 Å². The summed E-state index contributed by atoms with van der Waals surface area (Å²) >= 11 is 0. The molecule has 0 aliphatic carbocycles. The van der Waals surface area contributed by atoms with E-state index in [0.717, 1.165) is 11.0 Å². The minimum Gasteiger partial charge on any atom is -0.383 e. The van der Waals surface area contributed by atoms with Crippen molar-refractivity contribution in [1.29, 1.82) is 0 Å². The number of aliphatic hydroxyl groups is 1. The van der Waals surface area contributed by atoms with Crippen molar-refractivity contribution in [3.05, 3.63) is 30.6 Å². The van der Waals surface area contributed by atoms with Gasteiger partial charge in [-0.1, -0.05) is 12.1 Å². The van der Waals surface area contributed by atoms with Crippen LogP contribution in [0.15, 0.2) is 30.6 Å². The van der Waals surface area contributed by atoms with Gasteiger partial charge < -0.3 is 10.0 Å². The number of nitrogens with zero attached hydrogens (tertiary/aromatic N) is 3. The van der Waals surface area contributed by atoms with Crippen molar-refractivity contribution in [2.45, 2.75) is 25.1 Å². The molecular formula is C15H17F3N4O2. The maximum Gasteiger partial charge on any atom is 0.414 e. The normalized spacial score (nSPS) is 17.9. The number of hydrogen-bond donors (Lipinski definition) is 2. The molecule has 1 aromatic heterocycles. The third-order valence-electron chi connectivity index (χ3n) is 4.28. The van der Waals surface area contributed by atoms with Crippen molar-refractivity contribution in [1.82, 2.24) is 14.6 Å². The molecule has 1 aromatic carbocycles. The smallest absolute Gasteiger partial charge is 0.383 e. The standard InChI is InChI=1S/C15H17F3N4O2/c16-15(17,18)13(23)10-5-7-21(8-6-10)14(24)20-22-9-19-11-3-1-2-4-12(11)22/h1-4,9-10,13,23H,5-8H2,(H,20,24). The van der Waals surface area contributed by atoms with Crippen LogP contribution in [-0.2, 0) is 0 Å². The largest absolute Gasteiger partial charge is 0.414 e. The molecule has 1 fully saturated rings. The molecule has 6 nitrogen and oxygen atoms in total. The van der Waals surface area contributed by atoms with Gasteiger partial charge in [-0.15, -0.1) is 0 Å². The number of carbonyl (C=O) groups excluding carboxylic acids is 1. The summed E-state index contributed by atoms with van der Waals surface area (Å²) in [6, 6.07) is 6.85. The molecule has 1 unspecified atom stereocenters. The number of carbonyl (C=O) groups is 1.